The highest BCUT2D eigenvalue weighted by molar-refractivity contribution is 7.47. The van der Waals surface area contributed by atoms with E-state index >= 15 is 0 Å². The molecule has 0 radical (unpaired) electrons. The lowest BCUT2D eigenvalue weighted by Crippen LogP contribution is -2.30. The smallest absolute Gasteiger partial charge is 0.462 e. The third kappa shape index (κ3) is 81.9. The molecule has 0 aliphatic carbocycles. The standard InChI is InChI=1S/C88H172O17P2/c1-5-9-13-17-21-24-27-30-33-36-38-40-42-44-47-50-53-56-59-63-67-71-75-88(93)105-84(79-99-86(91)73-69-65-61-57-54-51-48-46-43-41-39-37-34-31-28-25-22-18-14-10-6-2)81-103-107(96,97)101-77-82(89)76-100-106(94,95)102-80-83(78-98-85(90)72-68-64-60-20-16-12-8-4)104-87(92)74-70-66-62-58-55-52-49-45-35-32-29-26-23-19-15-11-7-3/h82-84,89H,5-81H2,1-4H3,(H,94,95)(H,96,97)/t82-,83+,84+/m0/s1. The summed E-state index contributed by atoms with van der Waals surface area (Å²) < 4.78 is 68.8. The van der Waals surface area contributed by atoms with Crippen molar-refractivity contribution in [3.05, 3.63) is 0 Å². The number of phosphoric acid groups is 2. The summed E-state index contributed by atoms with van der Waals surface area (Å²) in [7, 11) is -9.92. The van der Waals surface area contributed by atoms with Crippen LogP contribution in [0.5, 0.6) is 0 Å². The number of ether oxygens (including phenoxy) is 4. The highest BCUT2D eigenvalue weighted by Gasteiger charge is 2.30. The molecule has 107 heavy (non-hydrogen) atoms. The summed E-state index contributed by atoms with van der Waals surface area (Å²) >= 11 is 0. The summed E-state index contributed by atoms with van der Waals surface area (Å²) in [6.45, 7) is 5.02. The Morgan fingerprint density at radius 2 is 0.374 bits per heavy atom. The molecule has 2 unspecified atom stereocenters. The Morgan fingerprint density at radius 1 is 0.224 bits per heavy atom. The maximum absolute atomic E-state index is 13.2. The largest absolute Gasteiger partial charge is 0.472 e. The molecule has 0 saturated carbocycles. The number of rotatable bonds is 89. The van der Waals surface area contributed by atoms with E-state index in [0.29, 0.717) is 25.7 Å². The molecule has 0 aromatic rings. The van der Waals surface area contributed by atoms with Gasteiger partial charge in [-0.05, 0) is 25.7 Å². The van der Waals surface area contributed by atoms with Gasteiger partial charge in [0, 0.05) is 25.7 Å². The molecule has 19 heteroatoms. The third-order valence-electron chi connectivity index (χ3n) is 20.9. The summed E-state index contributed by atoms with van der Waals surface area (Å²) in [6.07, 6.45) is 78.2. The lowest BCUT2D eigenvalue weighted by atomic mass is 10.0. The van der Waals surface area contributed by atoms with E-state index in [2.05, 4.69) is 27.7 Å². The number of aliphatic hydroxyl groups is 1. The van der Waals surface area contributed by atoms with Crippen molar-refractivity contribution in [1.82, 2.24) is 0 Å². The Kier molecular flexibility index (Phi) is 80.6. The molecule has 5 atom stereocenters. The Balaban J connectivity index is 5.14. The highest BCUT2D eigenvalue weighted by Crippen LogP contribution is 2.45. The fraction of sp³-hybridized carbons (Fsp3) is 0.955. The van der Waals surface area contributed by atoms with Gasteiger partial charge in [0.05, 0.1) is 26.4 Å². The molecule has 0 amide bonds. The van der Waals surface area contributed by atoms with Crippen LogP contribution in [-0.2, 0) is 65.4 Å². The van der Waals surface area contributed by atoms with Gasteiger partial charge in [-0.2, -0.15) is 0 Å². The van der Waals surface area contributed by atoms with Gasteiger partial charge < -0.3 is 33.8 Å². The van der Waals surface area contributed by atoms with Gasteiger partial charge in [0.2, 0.25) is 0 Å². The van der Waals surface area contributed by atoms with E-state index in [1.54, 1.807) is 0 Å². The molecule has 0 fully saturated rings. The Hall–Kier alpha value is -1.94. The molecule has 0 spiro atoms. The zero-order valence-corrected chi connectivity index (χ0v) is 71.9. The van der Waals surface area contributed by atoms with Crippen molar-refractivity contribution in [3.63, 3.8) is 0 Å². The average molecular weight is 1560 g/mol. The van der Waals surface area contributed by atoms with Crippen molar-refractivity contribution in [2.45, 2.75) is 502 Å². The second kappa shape index (κ2) is 82.1. The molecule has 0 aliphatic heterocycles. The molecule has 0 aromatic heterocycles. The second-order valence-corrected chi connectivity index (χ2v) is 34.5. The maximum Gasteiger partial charge on any atom is 0.472 e. The minimum absolute atomic E-state index is 0.109. The topological polar surface area (TPSA) is 237 Å². The van der Waals surface area contributed by atoms with Crippen LogP contribution in [0.3, 0.4) is 0 Å². The van der Waals surface area contributed by atoms with Gasteiger partial charge in [-0.3, -0.25) is 37.3 Å². The van der Waals surface area contributed by atoms with Gasteiger partial charge in [0.1, 0.15) is 19.3 Å². The number of hydrogen-bond acceptors (Lipinski definition) is 15. The summed E-state index contributed by atoms with van der Waals surface area (Å²) in [5.74, 6) is -2.10. The summed E-state index contributed by atoms with van der Waals surface area (Å²) in [4.78, 5) is 73.1. The summed E-state index contributed by atoms with van der Waals surface area (Å²) in [6, 6.07) is 0. The number of esters is 4. The monoisotopic (exact) mass is 1560 g/mol. The van der Waals surface area contributed by atoms with Crippen LogP contribution in [0.1, 0.15) is 484 Å². The van der Waals surface area contributed by atoms with Gasteiger partial charge in [-0.15, -0.1) is 0 Å². The van der Waals surface area contributed by atoms with Crippen molar-refractivity contribution in [2.24, 2.45) is 0 Å². The first-order valence-electron chi connectivity index (χ1n) is 45.8. The van der Waals surface area contributed by atoms with Crippen molar-refractivity contribution in [2.75, 3.05) is 39.6 Å². The van der Waals surface area contributed by atoms with Crippen LogP contribution in [0.25, 0.3) is 0 Å². The van der Waals surface area contributed by atoms with Gasteiger partial charge in [-0.1, -0.05) is 432 Å². The van der Waals surface area contributed by atoms with Crippen LogP contribution in [0.4, 0.5) is 0 Å². The molecule has 0 aromatic carbocycles. The van der Waals surface area contributed by atoms with E-state index in [1.807, 2.05) is 0 Å². The molecule has 0 saturated heterocycles. The van der Waals surface area contributed by atoms with Crippen LogP contribution < -0.4 is 0 Å². The molecular formula is C88H172O17P2. The van der Waals surface area contributed by atoms with E-state index < -0.39 is 97.5 Å². The minimum atomic E-state index is -4.96. The fourth-order valence-electron chi connectivity index (χ4n) is 13.9. The molecule has 0 aliphatic rings. The van der Waals surface area contributed by atoms with Gasteiger partial charge in [0.15, 0.2) is 12.2 Å². The number of hydrogen-bond donors (Lipinski definition) is 3. The predicted molar refractivity (Wildman–Crippen MR) is 442 cm³/mol. The number of phosphoric ester groups is 2. The fourth-order valence-corrected chi connectivity index (χ4v) is 15.5. The van der Waals surface area contributed by atoms with Crippen LogP contribution in [0.2, 0.25) is 0 Å². The van der Waals surface area contributed by atoms with Crippen molar-refractivity contribution >= 4 is 39.5 Å². The first-order valence-corrected chi connectivity index (χ1v) is 48.8. The lowest BCUT2D eigenvalue weighted by Gasteiger charge is -2.21. The predicted octanol–water partition coefficient (Wildman–Crippen LogP) is 27.3. The molecule has 0 rings (SSSR count). The van der Waals surface area contributed by atoms with E-state index in [1.165, 1.54) is 302 Å². The molecule has 636 valence electrons. The maximum atomic E-state index is 13.2. The number of aliphatic hydroxyl groups excluding tert-OH is 1. The number of unbranched alkanes of at least 4 members (excludes halogenated alkanes) is 63. The zero-order chi connectivity index (χ0) is 78.1. The van der Waals surface area contributed by atoms with Gasteiger partial charge in [-0.25, -0.2) is 9.13 Å². The minimum Gasteiger partial charge on any atom is -0.462 e. The van der Waals surface area contributed by atoms with E-state index in [4.69, 9.17) is 37.0 Å². The van der Waals surface area contributed by atoms with Crippen molar-refractivity contribution in [3.8, 4) is 0 Å². The van der Waals surface area contributed by atoms with Gasteiger partial charge in [0.25, 0.3) is 0 Å². The summed E-state index contributed by atoms with van der Waals surface area (Å²) in [5.41, 5.74) is 0. The van der Waals surface area contributed by atoms with Crippen LogP contribution in [0.15, 0.2) is 0 Å². The van der Waals surface area contributed by atoms with Crippen molar-refractivity contribution in [1.29, 1.82) is 0 Å². The van der Waals surface area contributed by atoms with E-state index in [-0.39, 0.29) is 25.7 Å². The highest BCUT2D eigenvalue weighted by atomic mass is 31.2. The Morgan fingerprint density at radius 3 is 0.551 bits per heavy atom. The second-order valence-electron chi connectivity index (χ2n) is 31.6. The Bertz CT molecular complexity index is 2020. The van der Waals surface area contributed by atoms with Crippen LogP contribution in [0, 0.1) is 0 Å². The normalized spacial score (nSPS) is 13.7. The van der Waals surface area contributed by atoms with Crippen LogP contribution in [-0.4, -0.2) is 96.7 Å². The molecular weight excluding hydrogens is 1390 g/mol. The quantitative estimate of drug-likeness (QED) is 0.0222. The first kappa shape index (κ1) is 105. The average Bonchev–Trinajstić information content (AvgIpc) is 0.901. The molecule has 0 heterocycles. The van der Waals surface area contributed by atoms with Crippen molar-refractivity contribution < 1.29 is 80.2 Å². The van der Waals surface area contributed by atoms with Gasteiger partial charge >= 0.3 is 39.5 Å². The molecule has 3 N–H and O–H groups in total. The molecule has 17 nitrogen and oxygen atoms in total. The van der Waals surface area contributed by atoms with E-state index in [0.717, 1.165) is 103 Å². The number of carbonyl (C=O) groups excluding carboxylic acids is 4. The summed E-state index contributed by atoms with van der Waals surface area (Å²) in [5, 5.41) is 10.7. The SMILES string of the molecule is CCCCCCCCCCCCCCCCCCCCCCCCC(=O)O[C@H](COC(=O)CCCCCCCCCCCCCCCCCCCCCCC)COP(=O)(O)OC[C@@H](O)COP(=O)(O)OC[C@@H](COC(=O)CCCCCCCCC)OC(=O)CCCCCCCCCCCCCCCCCCC. The molecule has 0 bridgehead atoms. The van der Waals surface area contributed by atoms with E-state index in [9.17, 15) is 43.2 Å². The zero-order valence-electron chi connectivity index (χ0n) is 70.1. The first-order chi connectivity index (χ1) is 52.2. The number of carbonyl (C=O) groups is 4. The lowest BCUT2D eigenvalue weighted by molar-refractivity contribution is -0.161. The third-order valence-corrected chi connectivity index (χ3v) is 22.8. The van der Waals surface area contributed by atoms with Crippen LogP contribution >= 0.6 is 15.6 Å². The Labute approximate surface area is 658 Å².